The summed E-state index contributed by atoms with van der Waals surface area (Å²) in [6, 6.07) is 5.69. The minimum atomic E-state index is 0.0971. The third kappa shape index (κ3) is 3.18. The molecule has 2 aromatic rings. The van der Waals surface area contributed by atoms with Crippen LogP contribution in [0.3, 0.4) is 0 Å². The zero-order valence-corrected chi connectivity index (χ0v) is 11.8. The lowest BCUT2D eigenvalue weighted by atomic mass is 9.93. The molecule has 0 spiro atoms. The van der Waals surface area contributed by atoms with Gasteiger partial charge in [-0.05, 0) is 31.4 Å². The van der Waals surface area contributed by atoms with Crippen LogP contribution >= 0.6 is 0 Å². The highest BCUT2D eigenvalue weighted by molar-refractivity contribution is 5.79. The Morgan fingerprint density at radius 3 is 3.05 bits per heavy atom. The second kappa shape index (κ2) is 6.35. The number of carbonyl (C=O) groups is 1. The van der Waals surface area contributed by atoms with Gasteiger partial charge in [-0.2, -0.15) is 5.10 Å². The van der Waals surface area contributed by atoms with Crippen molar-refractivity contribution in [3.05, 3.63) is 54.5 Å². The number of hydrogen-bond donors (Lipinski definition) is 1. The molecule has 0 saturated heterocycles. The van der Waals surface area contributed by atoms with Crippen molar-refractivity contribution in [3.63, 3.8) is 0 Å². The van der Waals surface area contributed by atoms with Gasteiger partial charge in [-0.25, -0.2) is 9.67 Å². The van der Waals surface area contributed by atoms with Crippen LogP contribution in [0.5, 0.6) is 0 Å². The number of nitrogens with zero attached hydrogens (tertiary/aromatic N) is 3. The van der Waals surface area contributed by atoms with Crippen molar-refractivity contribution in [2.45, 2.75) is 25.8 Å². The van der Waals surface area contributed by atoms with Gasteiger partial charge in [0.1, 0.15) is 0 Å². The molecule has 5 heteroatoms. The molecule has 0 aliphatic heterocycles. The largest absolute Gasteiger partial charge is 0.352 e. The van der Waals surface area contributed by atoms with Crippen LogP contribution in [0.15, 0.2) is 48.9 Å². The summed E-state index contributed by atoms with van der Waals surface area (Å²) in [6.07, 6.45) is 12.3. The van der Waals surface area contributed by atoms with Gasteiger partial charge >= 0.3 is 0 Å². The van der Waals surface area contributed by atoms with Gasteiger partial charge in [0, 0.05) is 36.6 Å². The lowest BCUT2D eigenvalue weighted by Crippen LogP contribution is -2.31. The van der Waals surface area contributed by atoms with Crippen LogP contribution in [0, 0.1) is 5.92 Å². The van der Waals surface area contributed by atoms with Gasteiger partial charge in [-0.1, -0.05) is 18.2 Å². The molecule has 1 unspecified atom stereocenters. The van der Waals surface area contributed by atoms with Gasteiger partial charge in [0.05, 0.1) is 0 Å². The summed E-state index contributed by atoms with van der Waals surface area (Å²) in [5.41, 5.74) is 0.959. The fourth-order valence-electron chi connectivity index (χ4n) is 2.53. The zero-order valence-electron chi connectivity index (χ0n) is 11.8. The molecule has 21 heavy (non-hydrogen) atoms. The molecular formula is C16H18N4O. The van der Waals surface area contributed by atoms with Crippen molar-refractivity contribution >= 4 is 5.91 Å². The van der Waals surface area contributed by atoms with Gasteiger partial charge in [0.15, 0.2) is 5.82 Å². The maximum Gasteiger partial charge on any atom is 0.223 e. The third-order valence-electron chi connectivity index (χ3n) is 3.68. The van der Waals surface area contributed by atoms with Crippen molar-refractivity contribution in [2.24, 2.45) is 5.92 Å². The van der Waals surface area contributed by atoms with Crippen molar-refractivity contribution in [3.8, 4) is 5.82 Å². The highest BCUT2D eigenvalue weighted by atomic mass is 16.1. The summed E-state index contributed by atoms with van der Waals surface area (Å²) in [5, 5.41) is 7.21. The van der Waals surface area contributed by atoms with E-state index in [1.165, 1.54) is 0 Å². The predicted molar refractivity (Wildman–Crippen MR) is 79.7 cm³/mol. The van der Waals surface area contributed by atoms with Crippen LogP contribution in [-0.4, -0.2) is 20.7 Å². The van der Waals surface area contributed by atoms with E-state index in [0.717, 1.165) is 30.6 Å². The number of amides is 1. The molecule has 0 bridgehead atoms. The van der Waals surface area contributed by atoms with E-state index in [0.29, 0.717) is 6.54 Å². The molecule has 2 aromatic heterocycles. The SMILES string of the molecule is O=C(NCc1cccnc1-n1cccn1)C1CC=CCC1. The Labute approximate surface area is 123 Å². The summed E-state index contributed by atoms with van der Waals surface area (Å²) in [4.78, 5) is 16.5. The molecule has 1 aliphatic carbocycles. The van der Waals surface area contributed by atoms with Crippen LogP contribution in [-0.2, 0) is 11.3 Å². The first-order chi connectivity index (χ1) is 10.3. The van der Waals surface area contributed by atoms with E-state index in [9.17, 15) is 4.79 Å². The third-order valence-corrected chi connectivity index (χ3v) is 3.68. The first-order valence-electron chi connectivity index (χ1n) is 7.21. The zero-order chi connectivity index (χ0) is 14.5. The van der Waals surface area contributed by atoms with Crippen LogP contribution < -0.4 is 5.32 Å². The van der Waals surface area contributed by atoms with Gasteiger partial charge in [0.2, 0.25) is 5.91 Å². The maximum atomic E-state index is 12.2. The Hall–Kier alpha value is -2.43. The first-order valence-corrected chi connectivity index (χ1v) is 7.21. The van der Waals surface area contributed by atoms with E-state index in [1.54, 1.807) is 17.1 Å². The molecule has 2 heterocycles. The standard InChI is InChI=1S/C16H18N4O/c21-16(13-6-2-1-3-7-13)18-12-14-8-4-9-17-15(14)20-11-5-10-19-20/h1-2,4-5,8-11,13H,3,6-7,12H2,(H,18,21). The number of rotatable bonds is 4. The molecule has 1 amide bonds. The summed E-state index contributed by atoms with van der Waals surface area (Å²) in [7, 11) is 0. The average molecular weight is 282 g/mol. The fraction of sp³-hybridized carbons (Fsp3) is 0.312. The van der Waals surface area contributed by atoms with Gasteiger partial charge in [0.25, 0.3) is 0 Å². The Kier molecular flexibility index (Phi) is 4.09. The number of nitrogens with one attached hydrogen (secondary N) is 1. The van der Waals surface area contributed by atoms with E-state index >= 15 is 0 Å². The van der Waals surface area contributed by atoms with Crippen molar-refractivity contribution in [1.82, 2.24) is 20.1 Å². The topological polar surface area (TPSA) is 59.8 Å². The molecule has 0 aromatic carbocycles. The Bertz CT molecular complexity index is 633. The second-order valence-electron chi connectivity index (χ2n) is 5.14. The average Bonchev–Trinajstić information content (AvgIpc) is 3.08. The molecule has 5 nitrogen and oxygen atoms in total. The van der Waals surface area contributed by atoms with Crippen LogP contribution in [0.1, 0.15) is 24.8 Å². The molecule has 1 N–H and O–H groups in total. The quantitative estimate of drug-likeness (QED) is 0.875. The molecule has 0 radical (unpaired) electrons. The van der Waals surface area contributed by atoms with E-state index in [-0.39, 0.29) is 11.8 Å². The van der Waals surface area contributed by atoms with Crippen LogP contribution in [0.25, 0.3) is 5.82 Å². The number of carbonyl (C=O) groups excluding carboxylic acids is 1. The lowest BCUT2D eigenvalue weighted by Gasteiger charge is -2.17. The molecule has 1 atom stereocenters. The molecule has 1 aliphatic rings. The van der Waals surface area contributed by atoms with Crippen LogP contribution in [0.4, 0.5) is 0 Å². The van der Waals surface area contributed by atoms with E-state index in [4.69, 9.17) is 0 Å². The van der Waals surface area contributed by atoms with Gasteiger partial charge < -0.3 is 5.32 Å². The molecule has 0 saturated carbocycles. The monoisotopic (exact) mass is 282 g/mol. The normalized spacial score (nSPS) is 17.6. The van der Waals surface area contributed by atoms with E-state index < -0.39 is 0 Å². The van der Waals surface area contributed by atoms with Crippen LogP contribution in [0.2, 0.25) is 0 Å². The van der Waals surface area contributed by atoms with E-state index in [1.807, 2.05) is 24.4 Å². The summed E-state index contributed by atoms with van der Waals surface area (Å²) >= 11 is 0. The Morgan fingerprint density at radius 1 is 1.33 bits per heavy atom. The van der Waals surface area contributed by atoms with Gasteiger partial charge in [-0.3, -0.25) is 4.79 Å². The maximum absolute atomic E-state index is 12.2. The predicted octanol–water partition coefficient (Wildman–Crippen LogP) is 2.24. The summed E-state index contributed by atoms with van der Waals surface area (Å²) in [6.45, 7) is 0.474. The minimum absolute atomic E-state index is 0.0971. The first kappa shape index (κ1) is 13.5. The molecule has 3 rings (SSSR count). The highest BCUT2D eigenvalue weighted by Crippen LogP contribution is 2.18. The lowest BCUT2D eigenvalue weighted by molar-refractivity contribution is -0.125. The van der Waals surface area contributed by atoms with Crippen molar-refractivity contribution in [1.29, 1.82) is 0 Å². The van der Waals surface area contributed by atoms with Gasteiger partial charge in [-0.15, -0.1) is 0 Å². The van der Waals surface area contributed by atoms with Crippen molar-refractivity contribution in [2.75, 3.05) is 0 Å². The number of hydrogen-bond acceptors (Lipinski definition) is 3. The minimum Gasteiger partial charge on any atom is -0.352 e. The smallest absolute Gasteiger partial charge is 0.223 e. The summed E-state index contributed by atoms with van der Waals surface area (Å²) in [5.74, 6) is 0.973. The Morgan fingerprint density at radius 2 is 2.29 bits per heavy atom. The van der Waals surface area contributed by atoms with E-state index in [2.05, 4.69) is 27.6 Å². The highest BCUT2D eigenvalue weighted by Gasteiger charge is 2.18. The number of aromatic nitrogens is 3. The second-order valence-corrected chi connectivity index (χ2v) is 5.14. The molecular weight excluding hydrogens is 264 g/mol. The molecule has 108 valence electrons. The fourth-order valence-corrected chi connectivity index (χ4v) is 2.53. The number of pyridine rings is 1. The van der Waals surface area contributed by atoms with Crippen molar-refractivity contribution < 1.29 is 4.79 Å². The number of allylic oxidation sites excluding steroid dienone is 2. The molecule has 0 fully saturated rings. The Balaban J connectivity index is 1.68. The summed E-state index contributed by atoms with van der Waals surface area (Å²) < 4.78 is 1.71.